The van der Waals surface area contributed by atoms with Gasteiger partial charge in [0.05, 0.1) is 6.61 Å². The highest BCUT2D eigenvalue weighted by molar-refractivity contribution is 5.32. The van der Waals surface area contributed by atoms with Crippen molar-refractivity contribution in [3.8, 4) is 0 Å². The average Bonchev–Trinajstić information content (AvgIpc) is 2.48. The zero-order chi connectivity index (χ0) is 13.8. The first-order chi connectivity index (χ1) is 9.86. The van der Waals surface area contributed by atoms with Gasteiger partial charge in [0.25, 0.3) is 0 Å². The number of nitrogens with zero attached hydrogens (tertiary/aromatic N) is 1. The fourth-order valence-electron chi connectivity index (χ4n) is 3.70. The van der Waals surface area contributed by atoms with Crippen LogP contribution < -0.4 is 5.32 Å². The fraction of sp³-hybridized carbons (Fsp3) is 0.647. The maximum absolute atomic E-state index is 5.33. The number of rotatable bonds is 4. The van der Waals surface area contributed by atoms with E-state index in [9.17, 15) is 0 Å². The Morgan fingerprint density at radius 3 is 3.15 bits per heavy atom. The number of benzene rings is 1. The number of methoxy groups -OCH3 is 1. The molecule has 2 atom stereocenters. The van der Waals surface area contributed by atoms with Crippen LogP contribution in [0.3, 0.4) is 0 Å². The standard InChI is InChI=1S/C17H26N2O/c1-20-13-14-5-4-10-19(11-14)12-17-16-7-3-2-6-15(16)8-9-18-17/h2-3,6-7,14,17-18H,4-5,8-13H2,1H3. The molecule has 20 heavy (non-hydrogen) atoms. The van der Waals surface area contributed by atoms with Crippen LogP contribution in [0.1, 0.15) is 30.0 Å². The van der Waals surface area contributed by atoms with Crippen molar-refractivity contribution in [3.63, 3.8) is 0 Å². The topological polar surface area (TPSA) is 24.5 Å². The Balaban J connectivity index is 1.63. The van der Waals surface area contributed by atoms with E-state index in [1.807, 2.05) is 7.11 Å². The Kier molecular flexibility index (Phi) is 4.71. The second-order valence-electron chi connectivity index (χ2n) is 6.18. The van der Waals surface area contributed by atoms with Crippen molar-refractivity contribution in [2.24, 2.45) is 5.92 Å². The smallest absolute Gasteiger partial charge is 0.0502 e. The number of fused-ring (bicyclic) bond motifs is 1. The van der Waals surface area contributed by atoms with Gasteiger partial charge in [-0.1, -0.05) is 24.3 Å². The van der Waals surface area contributed by atoms with E-state index in [0.717, 1.165) is 19.7 Å². The van der Waals surface area contributed by atoms with Gasteiger partial charge in [-0.25, -0.2) is 0 Å². The van der Waals surface area contributed by atoms with Crippen molar-refractivity contribution in [1.29, 1.82) is 0 Å². The van der Waals surface area contributed by atoms with Gasteiger partial charge < -0.3 is 15.0 Å². The minimum Gasteiger partial charge on any atom is -0.384 e. The van der Waals surface area contributed by atoms with Gasteiger partial charge in [0.1, 0.15) is 0 Å². The Hall–Kier alpha value is -0.900. The first-order valence-electron chi connectivity index (χ1n) is 7.89. The summed E-state index contributed by atoms with van der Waals surface area (Å²) in [7, 11) is 1.82. The molecule has 1 fully saturated rings. The van der Waals surface area contributed by atoms with Gasteiger partial charge in [0, 0.05) is 26.2 Å². The molecule has 110 valence electrons. The van der Waals surface area contributed by atoms with Gasteiger partial charge in [-0.15, -0.1) is 0 Å². The fourth-order valence-corrected chi connectivity index (χ4v) is 3.70. The molecule has 0 aliphatic carbocycles. The SMILES string of the molecule is COCC1CCCN(CC2NCCc3ccccc32)C1. The third-order valence-electron chi connectivity index (χ3n) is 4.66. The van der Waals surface area contributed by atoms with Crippen LogP contribution in [0.4, 0.5) is 0 Å². The predicted octanol–water partition coefficient (Wildman–Crippen LogP) is 2.23. The van der Waals surface area contributed by atoms with Crippen LogP contribution in [0.5, 0.6) is 0 Å². The Morgan fingerprint density at radius 1 is 1.35 bits per heavy atom. The zero-order valence-electron chi connectivity index (χ0n) is 12.5. The molecule has 3 heteroatoms. The molecule has 3 rings (SSSR count). The maximum Gasteiger partial charge on any atom is 0.0502 e. The molecule has 0 bridgehead atoms. The summed E-state index contributed by atoms with van der Waals surface area (Å²) in [4.78, 5) is 2.62. The third kappa shape index (κ3) is 3.22. The largest absolute Gasteiger partial charge is 0.384 e. The summed E-state index contributed by atoms with van der Waals surface area (Å²) in [5.41, 5.74) is 3.04. The maximum atomic E-state index is 5.33. The molecule has 2 unspecified atom stereocenters. The molecule has 1 aromatic rings. The second kappa shape index (κ2) is 6.70. The van der Waals surface area contributed by atoms with Gasteiger partial charge in [0.2, 0.25) is 0 Å². The van der Waals surface area contributed by atoms with Crippen LogP contribution in [0.25, 0.3) is 0 Å². The van der Waals surface area contributed by atoms with E-state index >= 15 is 0 Å². The van der Waals surface area contributed by atoms with Gasteiger partial charge >= 0.3 is 0 Å². The molecular formula is C17H26N2O. The molecule has 1 saturated heterocycles. The highest BCUT2D eigenvalue weighted by atomic mass is 16.5. The molecule has 0 spiro atoms. The van der Waals surface area contributed by atoms with Crippen LogP contribution in [-0.2, 0) is 11.2 Å². The van der Waals surface area contributed by atoms with Crippen molar-refractivity contribution in [2.75, 3.05) is 39.9 Å². The van der Waals surface area contributed by atoms with E-state index in [1.54, 1.807) is 0 Å². The lowest BCUT2D eigenvalue weighted by molar-refractivity contribution is 0.0852. The molecular weight excluding hydrogens is 248 g/mol. The van der Waals surface area contributed by atoms with Crippen LogP contribution in [0, 0.1) is 5.92 Å². The van der Waals surface area contributed by atoms with Crippen molar-refractivity contribution < 1.29 is 4.74 Å². The molecule has 0 radical (unpaired) electrons. The van der Waals surface area contributed by atoms with Gasteiger partial charge in [-0.05, 0) is 49.4 Å². The minimum absolute atomic E-state index is 0.501. The summed E-state index contributed by atoms with van der Waals surface area (Å²) in [6.07, 6.45) is 3.79. The van der Waals surface area contributed by atoms with Crippen LogP contribution >= 0.6 is 0 Å². The summed E-state index contributed by atoms with van der Waals surface area (Å²) in [6.45, 7) is 5.58. The first kappa shape index (κ1) is 14.1. The normalized spacial score (nSPS) is 27.2. The Bertz CT molecular complexity index is 433. The lowest BCUT2D eigenvalue weighted by atomic mass is 9.92. The summed E-state index contributed by atoms with van der Waals surface area (Å²) in [5, 5.41) is 3.70. The monoisotopic (exact) mass is 274 g/mol. The quantitative estimate of drug-likeness (QED) is 0.911. The molecule has 2 aliphatic rings. The second-order valence-corrected chi connectivity index (χ2v) is 6.18. The average molecular weight is 274 g/mol. The third-order valence-corrected chi connectivity index (χ3v) is 4.66. The molecule has 2 aliphatic heterocycles. The van der Waals surface area contributed by atoms with E-state index in [0.29, 0.717) is 12.0 Å². The summed E-state index contributed by atoms with van der Waals surface area (Å²) < 4.78 is 5.33. The summed E-state index contributed by atoms with van der Waals surface area (Å²) in [6, 6.07) is 9.41. The van der Waals surface area contributed by atoms with Crippen LogP contribution in [-0.4, -0.2) is 44.8 Å². The lowest BCUT2D eigenvalue weighted by Gasteiger charge is -2.37. The molecule has 2 heterocycles. The number of hydrogen-bond acceptors (Lipinski definition) is 3. The minimum atomic E-state index is 0.501. The molecule has 1 aromatic carbocycles. The molecule has 0 amide bonds. The summed E-state index contributed by atoms with van der Waals surface area (Å²) in [5.74, 6) is 0.715. The Morgan fingerprint density at radius 2 is 2.25 bits per heavy atom. The van der Waals surface area contributed by atoms with Gasteiger partial charge in [-0.2, -0.15) is 0 Å². The molecule has 0 aromatic heterocycles. The van der Waals surface area contributed by atoms with E-state index in [2.05, 4.69) is 34.5 Å². The molecule has 3 nitrogen and oxygen atoms in total. The molecule has 0 saturated carbocycles. The Labute approximate surface area is 122 Å². The molecule has 1 N–H and O–H groups in total. The van der Waals surface area contributed by atoms with Gasteiger partial charge in [0.15, 0.2) is 0 Å². The zero-order valence-corrected chi connectivity index (χ0v) is 12.5. The number of likely N-dealkylation sites (tertiary alicyclic amines) is 1. The highest BCUT2D eigenvalue weighted by Gasteiger charge is 2.25. The number of ether oxygens (including phenoxy) is 1. The van der Waals surface area contributed by atoms with Gasteiger partial charge in [-0.3, -0.25) is 0 Å². The summed E-state index contributed by atoms with van der Waals surface area (Å²) >= 11 is 0. The van der Waals surface area contributed by atoms with E-state index < -0.39 is 0 Å². The number of hydrogen-bond donors (Lipinski definition) is 1. The van der Waals surface area contributed by atoms with Crippen molar-refractivity contribution in [1.82, 2.24) is 10.2 Å². The van der Waals surface area contributed by atoms with Crippen LogP contribution in [0.2, 0.25) is 0 Å². The van der Waals surface area contributed by atoms with Crippen molar-refractivity contribution in [3.05, 3.63) is 35.4 Å². The van der Waals surface area contributed by atoms with Crippen molar-refractivity contribution >= 4 is 0 Å². The van der Waals surface area contributed by atoms with E-state index in [4.69, 9.17) is 4.74 Å². The highest BCUT2D eigenvalue weighted by Crippen LogP contribution is 2.25. The lowest BCUT2D eigenvalue weighted by Crippen LogP contribution is -2.43. The van der Waals surface area contributed by atoms with Crippen molar-refractivity contribution in [2.45, 2.75) is 25.3 Å². The predicted molar refractivity (Wildman–Crippen MR) is 81.9 cm³/mol. The van der Waals surface area contributed by atoms with E-state index in [-0.39, 0.29) is 0 Å². The first-order valence-corrected chi connectivity index (χ1v) is 7.89. The van der Waals surface area contributed by atoms with Crippen LogP contribution in [0.15, 0.2) is 24.3 Å². The van der Waals surface area contributed by atoms with E-state index in [1.165, 1.54) is 43.5 Å². The number of piperidine rings is 1. The number of nitrogens with one attached hydrogen (secondary N) is 1.